The molecule has 1 heterocycles. The molecular weight excluding hydrogens is 206 g/mol. The Labute approximate surface area is 83.6 Å². The number of nitrogens with zero attached hydrogens (tertiary/aromatic N) is 1. The number of halogens is 1. The Morgan fingerprint density at radius 1 is 1.38 bits per heavy atom. The highest BCUT2D eigenvalue weighted by Crippen LogP contribution is 2.33. The molecule has 2 aromatic rings. The lowest BCUT2D eigenvalue weighted by Gasteiger charge is -1.93. The largest absolute Gasteiger partial charge is 0.499 e. The Hall–Kier alpha value is -1.24. The van der Waals surface area contributed by atoms with Crippen LogP contribution in [0.1, 0.15) is 5.56 Å². The number of aromatic hydroxyl groups is 1. The van der Waals surface area contributed by atoms with Gasteiger partial charge in [-0.1, -0.05) is 22.9 Å². The molecule has 1 aromatic heterocycles. The van der Waals surface area contributed by atoms with E-state index in [0.717, 1.165) is 10.1 Å². The maximum Gasteiger partial charge on any atom is 0.172 e. The van der Waals surface area contributed by atoms with Crippen molar-refractivity contribution in [3.05, 3.63) is 28.8 Å². The van der Waals surface area contributed by atoms with Gasteiger partial charge in [0.2, 0.25) is 0 Å². The number of hydrogen-bond donors (Lipinski definition) is 1. The number of rotatable bonds is 0. The molecule has 13 heavy (non-hydrogen) atoms. The van der Waals surface area contributed by atoms with Gasteiger partial charge in [-0.2, -0.15) is 5.26 Å². The highest BCUT2D eigenvalue weighted by molar-refractivity contribution is 7.20. The fraction of sp³-hybridized carbons (Fsp3) is 0. The van der Waals surface area contributed by atoms with Crippen molar-refractivity contribution >= 4 is 33.0 Å². The molecule has 1 aromatic carbocycles. The molecule has 0 unspecified atom stereocenters. The fourth-order valence-electron chi connectivity index (χ4n) is 1.13. The molecule has 0 saturated carbocycles. The molecule has 4 heteroatoms. The predicted octanol–water partition coefficient (Wildman–Crippen LogP) is 3.13. The second-order valence-electron chi connectivity index (χ2n) is 2.57. The van der Waals surface area contributed by atoms with Crippen molar-refractivity contribution in [2.24, 2.45) is 0 Å². The van der Waals surface area contributed by atoms with Crippen molar-refractivity contribution in [1.29, 1.82) is 5.26 Å². The molecule has 2 nitrogen and oxygen atoms in total. The first-order valence-corrected chi connectivity index (χ1v) is 4.72. The zero-order valence-corrected chi connectivity index (χ0v) is 7.99. The Bertz CT molecular complexity index is 512. The van der Waals surface area contributed by atoms with Crippen LogP contribution >= 0.6 is 22.9 Å². The van der Waals surface area contributed by atoms with Gasteiger partial charge in [0.05, 0.1) is 10.6 Å². The highest BCUT2D eigenvalue weighted by Gasteiger charge is 2.05. The molecule has 2 rings (SSSR count). The first-order valence-electron chi connectivity index (χ1n) is 3.53. The summed E-state index contributed by atoms with van der Waals surface area (Å²) in [6.07, 6.45) is 0. The summed E-state index contributed by atoms with van der Waals surface area (Å²) in [5.74, 6) is 0. The lowest BCUT2D eigenvalue weighted by atomic mass is 10.2. The van der Waals surface area contributed by atoms with E-state index >= 15 is 0 Å². The van der Waals surface area contributed by atoms with Gasteiger partial charge < -0.3 is 5.11 Å². The Balaban J connectivity index is 2.82. The van der Waals surface area contributed by atoms with Gasteiger partial charge in [0.15, 0.2) is 5.06 Å². The number of nitriles is 1. The van der Waals surface area contributed by atoms with E-state index in [-0.39, 0.29) is 5.06 Å². The Morgan fingerprint density at radius 3 is 2.85 bits per heavy atom. The van der Waals surface area contributed by atoms with Gasteiger partial charge in [-0.25, -0.2) is 0 Å². The van der Waals surface area contributed by atoms with E-state index in [0.29, 0.717) is 10.6 Å². The molecule has 0 aliphatic carbocycles. The van der Waals surface area contributed by atoms with Crippen molar-refractivity contribution in [1.82, 2.24) is 0 Å². The second-order valence-corrected chi connectivity index (χ2v) is 4.04. The van der Waals surface area contributed by atoms with Crippen LogP contribution in [0.5, 0.6) is 5.06 Å². The van der Waals surface area contributed by atoms with Gasteiger partial charge in [-0.15, -0.1) is 0 Å². The molecule has 64 valence electrons. The zero-order valence-electron chi connectivity index (χ0n) is 6.41. The van der Waals surface area contributed by atoms with Gasteiger partial charge in [-0.05, 0) is 23.6 Å². The van der Waals surface area contributed by atoms with E-state index in [1.165, 1.54) is 11.3 Å². The summed E-state index contributed by atoms with van der Waals surface area (Å²) in [5.41, 5.74) is 0.441. The molecular formula is C9H4ClNOS. The van der Waals surface area contributed by atoms with Crippen LogP contribution in [0.4, 0.5) is 0 Å². The normalized spacial score (nSPS) is 10.2. The number of fused-ring (bicyclic) bond motifs is 1. The molecule has 0 atom stereocenters. The van der Waals surface area contributed by atoms with Crippen molar-refractivity contribution in [2.75, 3.05) is 0 Å². The van der Waals surface area contributed by atoms with Gasteiger partial charge in [0, 0.05) is 4.70 Å². The van der Waals surface area contributed by atoms with Crippen LogP contribution in [0.2, 0.25) is 5.02 Å². The van der Waals surface area contributed by atoms with E-state index in [1.54, 1.807) is 18.2 Å². The van der Waals surface area contributed by atoms with Crippen LogP contribution in [0.25, 0.3) is 10.1 Å². The Morgan fingerprint density at radius 2 is 2.15 bits per heavy atom. The second kappa shape index (κ2) is 2.91. The summed E-state index contributed by atoms with van der Waals surface area (Å²) in [4.78, 5) is 0. The summed E-state index contributed by atoms with van der Waals surface area (Å²) in [6, 6.07) is 6.99. The van der Waals surface area contributed by atoms with Crippen molar-refractivity contribution in [3.8, 4) is 11.1 Å². The third kappa shape index (κ3) is 1.35. The molecule has 0 radical (unpaired) electrons. The number of thiophene rings is 1. The standard InChI is InChI=1S/C9H4ClNOS/c10-7-1-5-3-9(12)13-8(5)2-6(7)4-11/h1-3,12H. The van der Waals surface area contributed by atoms with E-state index < -0.39 is 0 Å². The topological polar surface area (TPSA) is 44.0 Å². The molecule has 0 amide bonds. The van der Waals surface area contributed by atoms with E-state index in [9.17, 15) is 5.11 Å². The van der Waals surface area contributed by atoms with Crippen LogP contribution in [-0.2, 0) is 0 Å². The lowest BCUT2D eigenvalue weighted by molar-refractivity contribution is 0.491. The van der Waals surface area contributed by atoms with Crippen molar-refractivity contribution < 1.29 is 5.11 Å². The van der Waals surface area contributed by atoms with E-state index in [4.69, 9.17) is 16.9 Å². The molecule has 0 saturated heterocycles. The maximum absolute atomic E-state index is 9.20. The summed E-state index contributed by atoms with van der Waals surface area (Å²) in [7, 11) is 0. The maximum atomic E-state index is 9.20. The van der Waals surface area contributed by atoms with Crippen LogP contribution in [-0.4, -0.2) is 5.11 Å². The smallest absolute Gasteiger partial charge is 0.172 e. The monoisotopic (exact) mass is 209 g/mol. The zero-order chi connectivity index (χ0) is 9.42. The molecule has 0 aliphatic heterocycles. The van der Waals surface area contributed by atoms with Gasteiger partial charge in [0.1, 0.15) is 6.07 Å². The van der Waals surface area contributed by atoms with Crippen LogP contribution in [0.3, 0.4) is 0 Å². The molecule has 0 bridgehead atoms. The quantitative estimate of drug-likeness (QED) is 0.725. The van der Waals surface area contributed by atoms with Crippen LogP contribution in [0, 0.1) is 11.3 Å². The molecule has 0 fully saturated rings. The number of hydrogen-bond acceptors (Lipinski definition) is 3. The minimum Gasteiger partial charge on any atom is -0.499 e. The van der Waals surface area contributed by atoms with E-state index in [1.807, 2.05) is 6.07 Å². The van der Waals surface area contributed by atoms with Gasteiger partial charge in [0.25, 0.3) is 0 Å². The third-order valence-corrected chi connectivity index (χ3v) is 2.93. The summed E-state index contributed by atoms with van der Waals surface area (Å²) < 4.78 is 0.874. The average Bonchev–Trinajstić information content (AvgIpc) is 2.42. The third-order valence-electron chi connectivity index (χ3n) is 1.71. The van der Waals surface area contributed by atoms with E-state index in [2.05, 4.69) is 0 Å². The molecule has 1 N–H and O–H groups in total. The van der Waals surface area contributed by atoms with Gasteiger partial charge in [-0.3, -0.25) is 0 Å². The number of benzene rings is 1. The summed E-state index contributed by atoms with van der Waals surface area (Å²) in [5, 5.41) is 19.4. The van der Waals surface area contributed by atoms with Crippen LogP contribution < -0.4 is 0 Å². The fourth-order valence-corrected chi connectivity index (χ4v) is 2.17. The highest BCUT2D eigenvalue weighted by atomic mass is 35.5. The molecule has 0 spiro atoms. The SMILES string of the molecule is N#Cc1cc2sc(O)cc2cc1Cl. The first-order chi connectivity index (χ1) is 6.20. The lowest BCUT2D eigenvalue weighted by Crippen LogP contribution is -1.74. The van der Waals surface area contributed by atoms with Crippen LogP contribution in [0.15, 0.2) is 18.2 Å². The van der Waals surface area contributed by atoms with Crippen molar-refractivity contribution in [2.45, 2.75) is 0 Å². The summed E-state index contributed by atoms with van der Waals surface area (Å²) in [6.45, 7) is 0. The first kappa shape index (κ1) is 8.36. The summed E-state index contributed by atoms with van der Waals surface area (Å²) >= 11 is 7.05. The average molecular weight is 210 g/mol. The minimum absolute atomic E-state index is 0.237. The van der Waals surface area contributed by atoms with Crippen molar-refractivity contribution in [3.63, 3.8) is 0 Å². The predicted molar refractivity (Wildman–Crippen MR) is 53.2 cm³/mol. The van der Waals surface area contributed by atoms with Gasteiger partial charge >= 0.3 is 0 Å². The Kier molecular flexibility index (Phi) is 1.87. The minimum atomic E-state index is 0.237. The molecule has 0 aliphatic rings.